The fourth-order valence-corrected chi connectivity index (χ4v) is 1.85. The molecule has 0 fully saturated rings. The maximum absolute atomic E-state index is 10.7. The number of carboxylic acid groups (broad SMARTS) is 1. The van der Waals surface area contributed by atoms with Crippen molar-refractivity contribution in [1.29, 1.82) is 0 Å². The van der Waals surface area contributed by atoms with Crippen molar-refractivity contribution in [2.75, 3.05) is 0 Å². The first-order valence-corrected chi connectivity index (χ1v) is 5.28. The van der Waals surface area contributed by atoms with Gasteiger partial charge in [0.25, 0.3) is 10.1 Å². The number of aromatic hydroxyl groups is 1. The lowest BCUT2D eigenvalue weighted by Gasteiger charge is -2.05. The van der Waals surface area contributed by atoms with E-state index in [4.69, 9.17) is 21.3 Å². The predicted octanol–water partition coefficient (Wildman–Crippen LogP) is 0.990. The summed E-state index contributed by atoms with van der Waals surface area (Å²) in [6.07, 6.45) is 0. The number of hydrogen-bond acceptors (Lipinski definition) is 4. The van der Waals surface area contributed by atoms with Crippen molar-refractivity contribution in [3.8, 4) is 5.75 Å². The smallest absolute Gasteiger partial charge is 0.339 e. The van der Waals surface area contributed by atoms with Crippen LogP contribution in [0.3, 0.4) is 0 Å². The summed E-state index contributed by atoms with van der Waals surface area (Å²) < 4.78 is 30.1. The van der Waals surface area contributed by atoms with Crippen molar-refractivity contribution in [2.24, 2.45) is 0 Å². The maximum Gasteiger partial charge on any atom is 0.339 e. The quantitative estimate of drug-likeness (QED) is 0.677. The van der Waals surface area contributed by atoms with Gasteiger partial charge in [-0.15, -0.1) is 0 Å². The van der Waals surface area contributed by atoms with Crippen LogP contribution in [0.25, 0.3) is 0 Å². The number of halogens is 1. The van der Waals surface area contributed by atoms with Gasteiger partial charge in [0.1, 0.15) is 10.5 Å². The van der Waals surface area contributed by atoms with Crippen LogP contribution in [0, 0.1) is 0 Å². The van der Waals surface area contributed by atoms with Crippen LogP contribution in [0.2, 0.25) is 5.02 Å². The average molecular weight is 253 g/mol. The topological polar surface area (TPSA) is 112 Å². The molecular formula is C7H5ClO6S. The maximum atomic E-state index is 10.7. The summed E-state index contributed by atoms with van der Waals surface area (Å²) in [5.74, 6) is -2.60. The van der Waals surface area contributed by atoms with E-state index >= 15 is 0 Å². The first-order chi connectivity index (χ1) is 6.73. The van der Waals surface area contributed by atoms with Crippen LogP contribution in [0.15, 0.2) is 17.0 Å². The highest BCUT2D eigenvalue weighted by Gasteiger charge is 2.22. The Morgan fingerprint density at radius 3 is 2.27 bits per heavy atom. The van der Waals surface area contributed by atoms with E-state index in [-0.39, 0.29) is 5.02 Å². The fourth-order valence-electron chi connectivity index (χ4n) is 0.934. The molecule has 0 bridgehead atoms. The SMILES string of the molecule is O=C(O)c1cc(Cl)cc(S(=O)(=O)O)c1O. The molecule has 0 radical (unpaired) electrons. The largest absolute Gasteiger partial charge is 0.506 e. The number of aromatic carboxylic acids is 1. The molecule has 0 amide bonds. The molecule has 0 atom stereocenters. The minimum atomic E-state index is -4.71. The highest BCUT2D eigenvalue weighted by Crippen LogP contribution is 2.30. The van der Waals surface area contributed by atoms with Crippen molar-refractivity contribution in [2.45, 2.75) is 4.90 Å². The third-order valence-electron chi connectivity index (χ3n) is 1.55. The van der Waals surface area contributed by atoms with Crippen LogP contribution in [0.1, 0.15) is 10.4 Å². The molecular weight excluding hydrogens is 248 g/mol. The Morgan fingerprint density at radius 2 is 1.87 bits per heavy atom. The predicted molar refractivity (Wildman–Crippen MR) is 49.9 cm³/mol. The molecule has 0 aliphatic carbocycles. The van der Waals surface area contributed by atoms with Gasteiger partial charge in [-0.3, -0.25) is 4.55 Å². The van der Waals surface area contributed by atoms with Crippen LogP contribution in [-0.2, 0) is 10.1 Å². The van der Waals surface area contributed by atoms with Crippen molar-refractivity contribution < 1.29 is 28.0 Å². The van der Waals surface area contributed by atoms with Crippen molar-refractivity contribution in [3.63, 3.8) is 0 Å². The molecule has 0 aliphatic rings. The number of carboxylic acids is 1. The zero-order valence-corrected chi connectivity index (χ0v) is 8.58. The number of carbonyl (C=O) groups is 1. The van der Waals surface area contributed by atoms with E-state index < -0.39 is 32.3 Å². The summed E-state index contributed by atoms with van der Waals surface area (Å²) in [5.41, 5.74) is -0.699. The molecule has 0 heterocycles. The lowest BCUT2D eigenvalue weighted by Crippen LogP contribution is -2.04. The average Bonchev–Trinajstić information content (AvgIpc) is 2.06. The molecule has 0 unspecified atom stereocenters. The van der Waals surface area contributed by atoms with E-state index in [0.29, 0.717) is 0 Å². The molecule has 3 N–H and O–H groups in total. The van der Waals surface area contributed by atoms with Crippen molar-refractivity contribution in [3.05, 3.63) is 22.7 Å². The standard InChI is InChI=1S/C7H5ClO6S/c8-3-1-4(7(10)11)6(9)5(2-3)15(12,13)14/h1-2,9H,(H,10,11)(H,12,13,14). The van der Waals surface area contributed by atoms with E-state index in [9.17, 15) is 18.3 Å². The van der Waals surface area contributed by atoms with Crippen molar-refractivity contribution in [1.82, 2.24) is 0 Å². The van der Waals surface area contributed by atoms with Crippen LogP contribution in [0.4, 0.5) is 0 Å². The van der Waals surface area contributed by atoms with E-state index in [2.05, 4.69) is 0 Å². The van der Waals surface area contributed by atoms with Gasteiger partial charge >= 0.3 is 5.97 Å². The van der Waals surface area contributed by atoms with Gasteiger partial charge in [-0.1, -0.05) is 11.6 Å². The van der Waals surface area contributed by atoms with E-state index in [1.54, 1.807) is 0 Å². The molecule has 15 heavy (non-hydrogen) atoms. The Balaban J connectivity index is 3.63. The van der Waals surface area contributed by atoms with Gasteiger partial charge in [0, 0.05) is 5.02 Å². The number of benzene rings is 1. The van der Waals surface area contributed by atoms with Gasteiger partial charge < -0.3 is 10.2 Å². The minimum Gasteiger partial charge on any atom is -0.506 e. The molecule has 1 rings (SSSR count). The minimum absolute atomic E-state index is 0.224. The lowest BCUT2D eigenvalue weighted by atomic mass is 10.2. The van der Waals surface area contributed by atoms with E-state index in [1.165, 1.54) is 0 Å². The van der Waals surface area contributed by atoms with Gasteiger partial charge in [-0.25, -0.2) is 4.79 Å². The normalized spacial score (nSPS) is 11.3. The van der Waals surface area contributed by atoms with Crippen molar-refractivity contribution >= 4 is 27.7 Å². The summed E-state index contributed by atoms with van der Waals surface area (Å²) in [6, 6.07) is 1.62. The molecule has 0 saturated carbocycles. The fraction of sp³-hybridized carbons (Fsp3) is 0. The molecule has 0 spiro atoms. The molecule has 0 saturated heterocycles. The molecule has 8 heteroatoms. The Kier molecular flexibility index (Phi) is 2.89. The molecule has 1 aromatic rings. The summed E-state index contributed by atoms with van der Waals surface area (Å²) >= 11 is 5.42. The Bertz CT molecular complexity index is 521. The summed E-state index contributed by atoms with van der Waals surface area (Å²) in [5, 5.41) is 17.6. The van der Waals surface area contributed by atoms with Crippen LogP contribution < -0.4 is 0 Å². The van der Waals surface area contributed by atoms with Gasteiger partial charge in [0.05, 0.1) is 0 Å². The first-order valence-electron chi connectivity index (χ1n) is 3.47. The number of rotatable bonds is 2. The highest BCUT2D eigenvalue weighted by atomic mass is 35.5. The zero-order valence-electron chi connectivity index (χ0n) is 7.01. The highest BCUT2D eigenvalue weighted by molar-refractivity contribution is 7.86. The Hall–Kier alpha value is -1.31. The van der Waals surface area contributed by atoms with Gasteiger partial charge in [0.2, 0.25) is 0 Å². The second-order valence-corrected chi connectivity index (χ2v) is 4.41. The summed E-state index contributed by atoms with van der Waals surface area (Å²) in [4.78, 5) is 9.62. The van der Waals surface area contributed by atoms with Crippen LogP contribution in [-0.4, -0.2) is 29.2 Å². The van der Waals surface area contributed by atoms with Crippen LogP contribution >= 0.6 is 11.6 Å². The Morgan fingerprint density at radius 1 is 1.33 bits per heavy atom. The molecule has 1 aromatic carbocycles. The summed E-state index contributed by atoms with van der Waals surface area (Å²) in [6.45, 7) is 0. The second kappa shape index (κ2) is 3.69. The van der Waals surface area contributed by atoms with E-state index in [1.807, 2.05) is 0 Å². The monoisotopic (exact) mass is 252 g/mol. The molecule has 6 nitrogen and oxygen atoms in total. The summed E-state index contributed by atoms with van der Waals surface area (Å²) in [7, 11) is -4.71. The van der Waals surface area contributed by atoms with Gasteiger partial charge in [0.15, 0.2) is 5.75 Å². The van der Waals surface area contributed by atoms with E-state index in [0.717, 1.165) is 12.1 Å². The lowest BCUT2D eigenvalue weighted by molar-refractivity contribution is 0.0693. The second-order valence-electron chi connectivity index (χ2n) is 2.58. The number of hydrogen-bond donors (Lipinski definition) is 3. The first kappa shape index (κ1) is 11.8. The van der Waals surface area contributed by atoms with Gasteiger partial charge in [-0.05, 0) is 12.1 Å². The molecule has 0 aromatic heterocycles. The third kappa shape index (κ3) is 2.38. The number of phenols is 1. The molecule has 0 aliphatic heterocycles. The zero-order chi connectivity index (χ0) is 11.8. The third-order valence-corrected chi connectivity index (χ3v) is 2.63. The van der Waals surface area contributed by atoms with Gasteiger partial charge in [-0.2, -0.15) is 8.42 Å². The van der Waals surface area contributed by atoms with Crippen LogP contribution in [0.5, 0.6) is 5.75 Å². The Labute approximate surface area is 89.5 Å². The molecule has 82 valence electrons.